The summed E-state index contributed by atoms with van der Waals surface area (Å²) in [7, 11) is 1.55. The number of hydrogen-bond acceptors (Lipinski definition) is 4. The molecule has 1 amide bonds. The number of aromatic nitrogens is 2. The number of anilines is 2. The number of H-pyrrole nitrogens is 1. The first-order chi connectivity index (χ1) is 9.93. The van der Waals surface area contributed by atoms with E-state index in [2.05, 4.69) is 31.4 Å². The third kappa shape index (κ3) is 3.18. The predicted molar refractivity (Wildman–Crippen MR) is 85.7 cm³/mol. The van der Waals surface area contributed by atoms with Crippen molar-refractivity contribution in [3.05, 3.63) is 34.1 Å². The van der Waals surface area contributed by atoms with Gasteiger partial charge in [-0.1, -0.05) is 13.8 Å². The molecular formula is C14H17BrN4O2. The van der Waals surface area contributed by atoms with Crippen molar-refractivity contribution in [3.63, 3.8) is 0 Å². The number of carbonyl (C=O) groups excluding carboxylic acids is 1. The molecule has 0 saturated carbocycles. The van der Waals surface area contributed by atoms with E-state index in [0.29, 0.717) is 27.3 Å². The van der Waals surface area contributed by atoms with Gasteiger partial charge in [-0.2, -0.15) is 5.10 Å². The van der Waals surface area contributed by atoms with Gasteiger partial charge in [-0.15, -0.1) is 0 Å². The summed E-state index contributed by atoms with van der Waals surface area (Å²) >= 11 is 3.40. The van der Waals surface area contributed by atoms with E-state index in [4.69, 9.17) is 10.5 Å². The molecule has 4 N–H and O–H groups in total. The highest BCUT2D eigenvalue weighted by atomic mass is 79.9. The van der Waals surface area contributed by atoms with Gasteiger partial charge in [0.15, 0.2) is 5.69 Å². The van der Waals surface area contributed by atoms with Crippen molar-refractivity contribution in [2.24, 2.45) is 0 Å². The normalized spacial score (nSPS) is 10.7. The summed E-state index contributed by atoms with van der Waals surface area (Å²) in [6, 6.07) is 5.07. The quantitative estimate of drug-likeness (QED) is 0.736. The van der Waals surface area contributed by atoms with Gasteiger partial charge in [0.25, 0.3) is 5.91 Å². The lowest BCUT2D eigenvalue weighted by Crippen LogP contribution is -2.14. The SMILES string of the molecule is COc1ccc(N)c(NC(=O)c2n[nH]c(C(C)C)c2Br)c1. The molecule has 0 aliphatic carbocycles. The molecule has 7 heteroatoms. The van der Waals surface area contributed by atoms with Crippen LogP contribution in [0.1, 0.15) is 35.9 Å². The van der Waals surface area contributed by atoms with Crippen LogP contribution in [0, 0.1) is 0 Å². The number of halogens is 1. The zero-order valence-electron chi connectivity index (χ0n) is 12.0. The van der Waals surface area contributed by atoms with Crippen LogP contribution in [0.2, 0.25) is 0 Å². The van der Waals surface area contributed by atoms with E-state index >= 15 is 0 Å². The lowest BCUT2D eigenvalue weighted by atomic mass is 10.1. The van der Waals surface area contributed by atoms with Gasteiger partial charge < -0.3 is 15.8 Å². The molecule has 2 rings (SSSR count). The van der Waals surface area contributed by atoms with Crippen LogP contribution < -0.4 is 15.8 Å². The van der Waals surface area contributed by atoms with Crippen molar-refractivity contribution in [2.45, 2.75) is 19.8 Å². The lowest BCUT2D eigenvalue weighted by molar-refractivity contribution is 0.102. The maximum absolute atomic E-state index is 12.3. The average molecular weight is 353 g/mol. The largest absolute Gasteiger partial charge is 0.497 e. The number of ether oxygens (including phenoxy) is 1. The first kappa shape index (κ1) is 15.4. The van der Waals surface area contributed by atoms with Gasteiger partial charge in [-0.05, 0) is 34.0 Å². The average Bonchev–Trinajstić information content (AvgIpc) is 2.83. The van der Waals surface area contributed by atoms with E-state index < -0.39 is 0 Å². The molecule has 21 heavy (non-hydrogen) atoms. The Morgan fingerprint density at radius 3 is 2.76 bits per heavy atom. The summed E-state index contributed by atoms with van der Waals surface area (Å²) in [4.78, 5) is 12.3. The molecule has 1 heterocycles. The highest BCUT2D eigenvalue weighted by Gasteiger charge is 2.20. The van der Waals surface area contributed by atoms with Gasteiger partial charge in [-0.25, -0.2) is 0 Å². The van der Waals surface area contributed by atoms with Crippen molar-refractivity contribution in [1.82, 2.24) is 10.2 Å². The standard InChI is InChI=1S/C14H17BrN4O2/c1-7(2)12-11(15)13(19-18-12)14(20)17-10-6-8(21-3)4-5-9(10)16/h4-7H,16H2,1-3H3,(H,17,20)(H,18,19). The number of nitrogens with zero attached hydrogens (tertiary/aromatic N) is 1. The summed E-state index contributed by atoms with van der Waals surface area (Å²) in [5.41, 5.74) is 7.96. The first-order valence-corrected chi connectivity index (χ1v) is 7.22. The number of amides is 1. The minimum absolute atomic E-state index is 0.232. The van der Waals surface area contributed by atoms with Crippen molar-refractivity contribution < 1.29 is 9.53 Å². The summed E-state index contributed by atoms with van der Waals surface area (Å²) in [5, 5.41) is 9.65. The zero-order valence-corrected chi connectivity index (χ0v) is 13.6. The Bertz CT molecular complexity index is 667. The minimum atomic E-state index is -0.343. The fourth-order valence-electron chi connectivity index (χ4n) is 1.83. The van der Waals surface area contributed by atoms with E-state index in [0.717, 1.165) is 5.69 Å². The van der Waals surface area contributed by atoms with Crippen molar-refractivity contribution in [1.29, 1.82) is 0 Å². The van der Waals surface area contributed by atoms with Gasteiger partial charge in [0.2, 0.25) is 0 Å². The molecule has 2 aromatic rings. The van der Waals surface area contributed by atoms with Crippen molar-refractivity contribution >= 4 is 33.2 Å². The van der Waals surface area contributed by atoms with E-state index in [1.165, 1.54) is 0 Å². The first-order valence-electron chi connectivity index (χ1n) is 6.42. The Hall–Kier alpha value is -2.02. The molecule has 1 aromatic carbocycles. The second kappa shape index (κ2) is 6.17. The number of nitrogens with two attached hydrogens (primary N) is 1. The molecule has 0 spiro atoms. The highest BCUT2D eigenvalue weighted by molar-refractivity contribution is 9.10. The Kier molecular flexibility index (Phi) is 4.52. The third-order valence-corrected chi connectivity index (χ3v) is 3.84. The van der Waals surface area contributed by atoms with Crippen LogP contribution in [0.4, 0.5) is 11.4 Å². The van der Waals surface area contributed by atoms with E-state index in [9.17, 15) is 4.79 Å². The van der Waals surface area contributed by atoms with Gasteiger partial charge in [-0.3, -0.25) is 9.89 Å². The molecule has 0 aliphatic rings. The number of rotatable bonds is 4. The number of nitrogens with one attached hydrogen (secondary N) is 2. The van der Waals surface area contributed by atoms with Crippen molar-refractivity contribution in [2.75, 3.05) is 18.2 Å². The molecule has 6 nitrogen and oxygen atoms in total. The fraction of sp³-hybridized carbons (Fsp3) is 0.286. The van der Waals surface area contributed by atoms with Crippen LogP contribution in [0.15, 0.2) is 22.7 Å². The maximum Gasteiger partial charge on any atom is 0.277 e. The minimum Gasteiger partial charge on any atom is -0.497 e. The number of hydrogen-bond donors (Lipinski definition) is 3. The fourth-order valence-corrected chi connectivity index (χ4v) is 2.64. The monoisotopic (exact) mass is 352 g/mol. The zero-order chi connectivity index (χ0) is 15.6. The number of carbonyl (C=O) groups is 1. The summed E-state index contributed by atoms with van der Waals surface area (Å²) in [6.45, 7) is 4.03. The van der Waals surface area contributed by atoms with Crippen LogP contribution in [0.3, 0.4) is 0 Å². The molecule has 112 valence electrons. The molecule has 0 aliphatic heterocycles. The summed E-state index contributed by atoms with van der Waals surface area (Å²) < 4.78 is 5.78. The topological polar surface area (TPSA) is 93.0 Å². The summed E-state index contributed by atoms with van der Waals surface area (Å²) in [5.74, 6) is 0.503. The van der Waals surface area contributed by atoms with Crippen molar-refractivity contribution in [3.8, 4) is 5.75 Å². The molecule has 0 bridgehead atoms. The van der Waals surface area contributed by atoms with E-state index in [1.807, 2.05) is 13.8 Å². The smallest absolute Gasteiger partial charge is 0.277 e. The molecule has 0 saturated heterocycles. The molecule has 0 unspecified atom stereocenters. The van der Waals surface area contributed by atoms with Crippen LogP contribution >= 0.6 is 15.9 Å². The Labute approximate surface area is 131 Å². The van der Waals surface area contributed by atoms with E-state index in [-0.39, 0.29) is 11.8 Å². The Morgan fingerprint density at radius 1 is 1.48 bits per heavy atom. The second-order valence-electron chi connectivity index (χ2n) is 4.86. The summed E-state index contributed by atoms with van der Waals surface area (Å²) in [6.07, 6.45) is 0. The number of benzene rings is 1. The number of methoxy groups -OCH3 is 1. The van der Waals surface area contributed by atoms with Crippen LogP contribution in [-0.4, -0.2) is 23.2 Å². The number of aromatic amines is 1. The third-order valence-electron chi connectivity index (χ3n) is 3.03. The maximum atomic E-state index is 12.3. The van der Waals surface area contributed by atoms with Crippen LogP contribution in [0.5, 0.6) is 5.75 Å². The highest BCUT2D eigenvalue weighted by Crippen LogP contribution is 2.28. The van der Waals surface area contributed by atoms with Crippen LogP contribution in [0.25, 0.3) is 0 Å². The van der Waals surface area contributed by atoms with Gasteiger partial charge in [0, 0.05) is 6.07 Å². The molecule has 0 fully saturated rings. The molecule has 1 aromatic heterocycles. The second-order valence-corrected chi connectivity index (χ2v) is 5.65. The van der Waals surface area contributed by atoms with Gasteiger partial charge in [0.1, 0.15) is 5.75 Å². The molecule has 0 atom stereocenters. The van der Waals surface area contributed by atoms with Gasteiger partial charge in [0.05, 0.1) is 28.7 Å². The van der Waals surface area contributed by atoms with Gasteiger partial charge >= 0.3 is 0 Å². The lowest BCUT2D eigenvalue weighted by Gasteiger charge is -2.09. The molecule has 0 radical (unpaired) electrons. The molecular weight excluding hydrogens is 336 g/mol. The Morgan fingerprint density at radius 2 is 2.19 bits per heavy atom. The van der Waals surface area contributed by atoms with E-state index in [1.54, 1.807) is 25.3 Å². The predicted octanol–water partition coefficient (Wildman–Crippen LogP) is 3.14. The van der Waals surface area contributed by atoms with Crippen LogP contribution in [-0.2, 0) is 0 Å². The number of nitrogen functional groups attached to an aromatic ring is 1. The Balaban J connectivity index is 2.26.